The van der Waals surface area contributed by atoms with Gasteiger partial charge in [-0.25, -0.2) is 8.42 Å². The number of piperidine rings is 1. The summed E-state index contributed by atoms with van der Waals surface area (Å²) in [7, 11) is -3.04. The number of sulfone groups is 1. The number of fused-ring (bicyclic) bond motifs is 2. The van der Waals surface area contributed by atoms with Crippen LogP contribution in [-0.2, 0) is 21.1 Å². The van der Waals surface area contributed by atoms with E-state index < -0.39 is 9.84 Å². The highest BCUT2D eigenvalue weighted by atomic mass is 35.5. The van der Waals surface area contributed by atoms with Gasteiger partial charge in [0.25, 0.3) is 0 Å². The summed E-state index contributed by atoms with van der Waals surface area (Å²) in [6.07, 6.45) is 5.07. The molecule has 0 aliphatic carbocycles. The van der Waals surface area contributed by atoms with Gasteiger partial charge in [0, 0.05) is 34.8 Å². The van der Waals surface area contributed by atoms with Crippen molar-refractivity contribution in [3.05, 3.63) is 33.8 Å². The minimum Gasteiger partial charge on any atom is -0.337 e. The van der Waals surface area contributed by atoms with E-state index in [-0.39, 0.29) is 23.2 Å². The predicted molar refractivity (Wildman–Crippen MR) is 96.3 cm³/mol. The van der Waals surface area contributed by atoms with Crippen LogP contribution in [-0.4, -0.2) is 42.8 Å². The number of nitrogens with zero attached hydrogens (tertiary/aromatic N) is 1. The van der Waals surface area contributed by atoms with Crippen molar-refractivity contribution >= 4 is 38.9 Å². The molecule has 3 atom stereocenters. The van der Waals surface area contributed by atoms with E-state index in [4.69, 9.17) is 23.2 Å². The molecule has 1 unspecified atom stereocenters. The van der Waals surface area contributed by atoms with E-state index in [0.717, 1.165) is 18.4 Å². The second-order valence-electron chi connectivity index (χ2n) is 6.81. The van der Waals surface area contributed by atoms with Crippen LogP contribution in [0.3, 0.4) is 0 Å². The highest BCUT2D eigenvalue weighted by Crippen LogP contribution is 2.38. The van der Waals surface area contributed by atoms with Crippen LogP contribution >= 0.6 is 23.2 Å². The molecule has 1 amide bonds. The monoisotopic (exact) mass is 389 g/mol. The van der Waals surface area contributed by atoms with E-state index in [9.17, 15) is 13.2 Å². The molecule has 24 heavy (non-hydrogen) atoms. The highest BCUT2D eigenvalue weighted by Gasteiger charge is 2.45. The summed E-state index contributed by atoms with van der Waals surface area (Å²) in [5, 5.41) is 0.847. The minimum atomic E-state index is -3.04. The average Bonchev–Trinajstić information content (AvgIpc) is 2.75. The molecule has 0 spiro atoms. The summed E-state index contributed by atoms with van der Waals surface area (Å²) < 4.78 is 23.7. The van der Waals surface area contributed by atoms with Crippen LogP contribution in [0.15, 0.2) is 18.2 Å². The van der Waals surface area contributed by atoms with E-state index in [2.05, 4.69) is 0 Å². The van der Waals surface area contributed by atoms with Crippen LogP contribution < -0.4 is 0 Å². The van der Waals surface area contributed by atoms with Crippen molar-refractivity contribution in [3.63, 3.8) is 0 Å². The fourth-order valence-corrected chi connectivity index (χ4v) is 5.75. The lowest BCUT2D eigenvalue weighted by molar-refractivity contribution is -0.135. The summed E-state index contributed by atoms with van der Waals surface area (Å²) >= 11 is 12.3. The molecule has 0 radical (unpaired) electrons. The van der Waals surface area contributed by atoms with Crippen LogP contribution in [0.2, 0.25) is 10.0 Å². The zero-order valence-corrected chi connectivity index (χ0v) is 15.9. The van der Waals surface area contributed by atoms with Crippen LogP contribution in [0.4, 0.5) is 0 Å². The van der Waals surface area contributed by atoms with Crippen LogP contribution in [0.5, 0.6) is 0 Å². The summed E-state index contributed by atoms with van der Waals surface area (Å²) in [5.74, 6) is 0.0745. The topological polar surface area (TPSA) is 54.5 Å². The maximum absolute atomic E-state index is 12.7. The van der Waals surface area contributed by atoms with Crippen molar-refractivity contribution in [1.82, 2.24) is 4.90 Å². The van der Waals surface area contributed by atoms with Crippen molar-refractivity contribution in [1.29, 1.82) is 0 Å². The smallest absolute Gasteiger partial charge is 0.223 e. The highest BCUT2D eigenvalue weighted by molar-refractivity contribution is 7.91. The Morgan fingerprint density at radius 3 is 2.21 bits per heavy atom. The standard InChI is InChI=1S/C17H21Cl2NO3S/c1-24(22,23)13-9-11-5-6-12(10-13)20(11)17(21)8-7-14-15(18)3-2-4-16(14)19/h2-4,11-13H,5-10H2,1H3/t11-,12+,13?. The van der Waals surface area contributed by atoms with Crippen LogP contribution in [0, 0.1) is 0 Å². The molecule has 1 aromatic carbocycles. The van der Waals surface area contributed by atoms with Gasteiger partial charge in [-0.15, -0.1) is 0 Å². The fourth-order valence-electron chi connectivity index (χ4n) is 4.02. The number of halogens is 2. The van der Waals surface area contributed by atoms with E-state index >= 15 is 0 Å². The van der Waals surface area contributed by atoms with Crippen molar-refractivity contribution in [2.24, 2.45) is 0 Å². The van der Waals surface area contributed by atoms with Gasteiger partial charge >= 0.3 is 0 Å². The summed E-state index contributed by atoms with van der Waals surface area (Å²) in [4.78, 5) is 14.6. The average molecular weight is 390 g/mol. The van der Waals surface area contributed by atoms with Crippen molar-refractivity contribution in [3.8, 4) is 0 Å². The molecule has 2 aliphatic heterocycles. The second kappa shape index (κ2) is 6.85. The predicted octanol–water partition coefficient (Wildman–Crippen LogP) is 3.49. The molecule has 2 bridgehead atoms. The van der Waals surface area contributed by atoms with E-state index in [1.807, 2.05) is 4.90 Å². The Bertz CT molecular complexity index is 716. The lowest BCUT2D eigenvalue weighted by atomic mass is 10.0. The molecule has 3 rings (SSSR count). The van der Waals surface area contributed by atoms with Gasteiger partial charge in [0.2, 0.25) is 5.91 Å². The molecule has 2 fully saturated rings. The maximum Gasteiger partial charge on any atom is 0.223 e. The Morgan fingerprint density at radius 1 is 1.17 bits per heavy atom. The molecule has 2 aliphatic rings. The molecule has 4 nitrogen and oxygen atoms in total. The molecular weight excluding hydrogens is 369 g/mol. The molecule has 1 aromatic rings. The number of hydrogen-bond donors (Lipinski definition) is 0. The molecule has 0 N–H and O–H groups in total. The van der Waals surface area contributed by atoms with E-state index in [1.54, 1.807) is 18.2 Å². The van der Waals surface area contributed by atoms with Gasteiger partial charge in [-0.3, -0.25) is 4.79 Å². The molecule has 0 aromatic heterocycles. The lowest BCUT2D eigenvalue weighted by Crippen LogP contribution is -2.49. The van der Waals surface area contributed by atoms with Gasteiger partial charge in [-0.05, 0) is 49.8 Å². The van der Waals surface area contributed by atoms with Crippen molar-refractivity contribution in [2.45, 2.75) is 55.9 Å². The first-order valence-corrected chi connectivity index (χ1v) is 10.9. The third kappa shape index (κ3) is 3.58. The van der Waals surface area contributed by atoms with Crippen molar-refractivity contribution in [2.75, 3.05) is 6.26 Å². The van der Waals surface area contributed by atoms with Crippen LogP contribution in [0.25, 0.3) is 0 Å². The third-order valence-corrected chi connectivity index (χ3v) is 7.54. The Kier molecular flexibility index (Phi) is 5.14. The van der Waals surface area contributed by atoms with E-state index in [0.29, 0.717) is 35.7 Å². The molecule has 7 heteroatoms. The number of rotatable bonds is 4. The third-order valence-electron chi connectivity index (χ3n) is 5.23. The molecule has 0 saturated carbocycles. The first kappa shape index (κ1) is 18.0. The quantitative estimate of drug-likeness (QED) is 0.791. The first-order chi connectivity index (χ1) is 11.3. The molecule has 132 valence electrons. The van der Waals surface area contributed by atoms with Gasteiger partial charge in [0.15, 0.2) is 0 Å². The SMILES string of the molecule is CS(=O)(=O)C1C[C@H]2CC[C@@H](C1)N2C(=O)CCc1c(Cl)cccc1Cl. The lowest BCUT2D eigenvalue weighted by Gasteiger charge is -2.38. The minimum absolute atomic E-state index is 0.0534. The molecule has 2 saturated heterocycles. The summed E-state index contributed by atoms with van der Waals surface area (Å²) in [5.41, 5.74) is 0.799. The van der Waals surface area contributed by atoms with Gasteiger partial charge in [0.1, 0.15) is 9.84 Å². The Labute approximate surface area is 153 Å². The van der Waals surface area contributed by atoms with Crippen LogP contribution in [0.1, 0.15) is 37.7 Å². The zero-order chi connectivity index (χ0) is 17.5. The summed E-state index contributed by atoms with van der Waals surface area (Å²) in [6, 6.07) is 5.44. The number of hydrogen-bond acceptors (Lipinski definition) is 3. The second-order valence-corrected chi connectivity index (χ2v) is 9.95. The van der Waals surface area contributed by atoms with E-state index in [1.165, 1.54) is 6.26 Å². The zero-order valence-electron chi connectivity index (χ0n) is 13.5. The number of carbonyl (C=O) groups is 1. The first-order valence-electron chi connectivity index (χ1n) is 8.20. The summed E-state index contributed by atoms with van der Waals surface area (Å²) in [6.45, 7) is 0. The van der Waals surface area contributed by atoms with Gasteiger partial charge in [-0.2, -0.15) is 0 Å². The number of benzene rings is 1. The van der Waals surface area contributed by atoms with Crippen molar-refractivity contribution < 1.29 is 13.2 Å². The maximum atomic E-state index is 12.7. The van der Waals surface area contributed by atoms with Gasteiger partial charge < -0.3 is 4.90 Å². The normalized spacial score (nSPS) is 26.6. The number of carbonyl (C=O) groups excluding carboxylic acids is 1. The van der Waals surface area contributed by atoms with Gasteiger partial charge in [-0.1, -0.05) is 29.3 Å². The Hall–Kier alpha value is -0.780. The molecular formula is C17H21Cl2NO3S. The number of amides is 1. The largest absolute Gasteiger partial charge is 0.337 e. The Morgan fingerprint density at radius 2 is 1.71 bits per heavy atom. The fraction of sp³-hybridized carbons (Fsp3) is 0.588. The van der Waals surface area contributed by atoms with Gasteiger partial charge in [0.05, 0.1) is 5.25 Å². The Balaban J connectivity index is 1.67. The molecule has 2 heterocycles.